The molecular formula is C14H9FN2OS. The summed E-state index contributed by atoms with van der Waals surface area (Å²) in [5.74, 6) is -0.767. The number of benzene rings is 2. The molecule has 94 valence electrons. The van der Waals surface area contributed by atoms with E-state index in [9.17, 15) is 9.18 Å². The molecule has 0 radical (unpaired) electrons. The van der Waals surface area contributed by atoms with Gasteiger partial charge in [-0.1, -0.05) is 6.07 Å². The molecule has 3 rings (SSSR count). The highest BCUT2D eigenvalue weighted by Crippen LogP contribution is 2.21. The molecule has 0 saturated heterocycles. The van der Waals surface area contributed by atoms with E-state index in [0.717, 1.165) is 10.2 Å². The minimum Gasteiger partial charge on any atom is -0.322 e. The third-order valence-electron chi connectivity index (χ3n) is 2.68. The van der Waals surface area contributed by atoms with E-state index in [4.69, 9.17) is 0 Å². The lowest BCUT2D eigenvalue weighted by Crippen LogP contribution is -2.11. The number of aromatic nitrogens is 1. The number of anilines is 1. The van der Waals surface area contributed by atoms with E-state index in [-0.39, 0.29) is 5.91 Å². The van der Waals surface area contributed by atoms with Gasteiger partial charge in [0.15, 0.2) is 0 Å². The molecule has 19 heavy (non-hydrogen) atoms. The van der Waals surface area contributed by atoms with E-state index >= 15 is 0 Å². The Morgan fingerprint density at radius 1 is 1.21 bits per heavy atom. The Labute approximate surface area is 112 Å². The number of halogens is 1. The molecule has 1 aromatic heterocycles. The smallest absolute Gasteiger partial charge is 0.255 e. The van der Waals surface area contributed by atoms with Crippen LogP contribution in [0, 0.1) is 5.82 Å². The summed E-state index contributed by atoms with van der Waals surface area (Å²) in [7, 11) is 0. The van der Waals surface area contributed by atoms with E-state index in [0.29, 0.717) is 11.3 Å². The standard InChI is InChI=1S/C14H9FN2OS/c15-10-3-1-2-9(6-10)14(18)17-11-4-5-13-12(7-11)16-8-19-13/h1-8H,(H,17,18). The number of amides is 1. The first-order chi connectivity index (χ1) is 9.22. The van der Waals surface area contributed by atoms with Crippen LogP contribution >= 0.6 is 11.3 Å². The van der Waals surface area contributed by atoms with Crippen LogP contribution in [0.5, 0.6) is 0 Å². The number of carbonyl (C=O) groups excluding carboxylic acids is 1. The van der Waals surface area contributed by atoms with Crippen molar-refractivity contribution in [2.24, 2.45) is 0 Å². The van der Waals surface area contributed by atoms with E-state index in [1.54, 1.807) is 23.7 Å². The van der Waals surface area contributed by atoms with Crippen molar-refractivity contribution in [3.63, 3.8) is 0 Å². The maximum absolute atomic E-state index is 13.0. The Bertz CT molecular complexity index is 754. The molecule has 1 amide bonds. The van der Waals surface area contributed by atoms with E-state index in [1.807, 2.05) is 6.07 Å². The van der Waals surface area contributed by atoms with Gasteiger partial charge in [-0.3, -0.25) is 4.79 Å². The highest BCUT2D eigenvalue weighted by Gasteiger charge is 2.07. The Kier molecular flexibility index (Phi) is 2.97. The summed E-state index contributed by atoms with van der Waals surface area (Å²) in [6, 6.07) is 11.1. The first-order valence-corrected chi connectivity index (χ1v) is 6.50. The number of fused-ring (bicyclic) bond motifs is 1. The van der Waals surface area contributed by atoms with Crippen LogP contribution in [-0.2, 0) is 0 Å². The average Bonchev–Trinajstić information content (AvgIpc) is 2.86. The molecule has 0 aliphatic heterocycles. The number of carbonyl (C=O) groups is 1. The SMILES string of the molecule is O=C(Nc1ccc2scnc2c1)c1cccc(F)c1. The third kappa shape index (κ3) is 2.46. The molecule has 0 atom stereocenters. The molecule has 0 unspecified atom stereocenters. The van der Waals surface area contributed by atoms with Crippen molar-refractivity contribution in [1.29, 1.82) is 0 Å². The van der Waals surface area contributed by atoms with Crippen LogP contribution < -0.4 is 5.32 Å². The number of hydrogen-bond donors (Lipinski definition) is 1. The minimum atomic E-state index is -0.428. The maximum atomic E-state index is 13.0. The number of nitrogens with zero attached hydrogens (tertiary/aromatic N) is 1. The van der Waals surface area contributed by atoms with Crippen LogP contribution in [0.15, 0.2) is 48.0 Å². The molecule has 0 bridgehead atoms. The zero-order valence-electron chi connectivity index (χ0n) is 9.76. The van der Waals surface area contributed by atoms with Gasteiger partial charge in [0, 0.05) is 11.3 Å². The molecule has 0 saturated carbocycles. The van der Waals surface area contributed by atoms with Crippen LogP contribution in [0.1, 0.15) is 10.4 Å². The monoisotopic (exact) mass is 272 g/mol. The van der Waals surface area contributed by atoms with E-state index < -0.39 is 5.82 Å². The average molecular weight is 272 g/mol. The summed E-state index contributed by atoms with van der Waals surface area (Å²) in [6.45, 7) is 0. The second-order valence-corrected chi connectivity index (χ2v) is 4.89. The Hall–Kier alpha value is -2.27. The van der Waals surface area contributed by atoms with Crippen molar-refractivity contribution in [1.82, 2.24) is 4.98 Å². The maximum Gasteiger partial charge on any atom is 0.255 e. The number of rotatable bonds is 2. The lowest BCUT2D eigenvalue weighted by atomic mass is 10.2. The van der Waals surface area contributed by atoms with E-state index in [1.165, 1.54) is 29.5 Å². The second-order valence-electron chi connectivity index (χ2n) is 4.00. The zero-order chi connectivity index (χ0) is 13.2. The molecule has 1 heterocycles. The van der Waals surface area contributed by atoms with Crippen LogP contribution in [-0.4, -0.2) is 10.9 Å². The molecule has 0 aliphatic carbocycles. The predicted octanol–water partition coefficient (Wildman–Crippen LogP) is 3.69. The highest BCUT2D eigenvalue weighted by molar-refractivity contribution is 7.16. The molecular weight excluding hydrogens is 263 g/mol. The van der Waals surface area contributed by atoms with Crippen molar-refractivity contribution in [2.75, 3.05) is 5.32 Å². The molecule has 1 N–H and O–H groups in total. The quantitative estimate of drug-likeness (QED) is 0.773. The Morgan fingerprint density at radius 2 is 2.11 bits per heavy atom. The van der Waals surface area contributed by atoms with Crippen molar-refractivity contribution in [3.05, 3.63) is 59.4 Å². The first-order valence-electron chi connectivity index (χ1n) is 5.62. The molecule has 0 spiro atoms. The van der Waals surface area contributed by atoms with Gasteiger partial charge in [0.2, 0.25) is 0 Å². The third-order valence-corrected chi connectivity index (χ3v) is 3.49. The molecule has 3 nitrogen and oxygen atoms in total. The first kappa shape index (κ1) is 11.8. The van der Waals surface area contributed by atoms with Gasteiger partial charge in [-0.2, -0.15) is 0 Å². The van der Waals surface area contributed by atoms with Gasteiger partial charge in [0.25, 0.3) is 5.91 Å². The summed E-state index contributed by atoms with van der Waals surface area (Å²) in [5, 5.41) is 2.73. The summed E-state index contributed by atoms with van der Waals surface area (Å²) >= 11 is 1.54. The minimum absolute atomic E-state index is 0.290. The van der Waals surface area contributed by atoms with Crippen molar-refractivity contribution in [2.45, 2.75) is 0 Å². The number of thiazole rings is 1. The van der Waals surface area contributed by atoms with Crippen molar-refractivity contribution < 1.29 is 9.18 Å². The van der Waals surface area contributed by atoms with Gasteiger partial charge in [-0.15, -0.1) is 11.3 Å². The Balaban J connectivity index is 1.86. The highest BCUT2D eigenvalue weighted by atomic mass is 32.1. The summed E-state index contributed by atoms with van der Waals surface area (Å²) in [4.78, 5) is 16.1. The second kappa shape index (κ2) is 4.78. The fourth-order valence-electron chi connectivity index (χ4n) is 1.77. The number of nitrogens with one attached hydrogen (secondary N) is 1. The van der Waals surface area contributed by atoms with Gasteiger partial charge in [0.05, 0.1) is 15.7 Å². The van der Waals surface area contributed by atoms with Gasteiger partial charge in [-0.25, -0.2) is 9.37 Å². The van der Waals surface area contributed by atoms with E-state index in [2.05, 4.69) is 10.3 Å². The molecule has 0 aliphatic rings. The summed E-state index contributed by atoms with van der Waals surface area (Å²) in [6.07, 6.45) is 0. The van der Waals surface area contributed by atoms with Crippen LogP contribution in [0.2, 0.25) is 0 Å². The largest absolute Gasteiger partial charge is 0.322 e. The predicted molar refractivity (Wildman–Crippen MR) is 74.0 cm³/mol. The van der Waals surface area contributed by atoms with Gasteiger partial charge < -0.3 is 5.32 Å². The van der Waals surface area contributed by atoms with Gasteiger partial charge in [-0.05, 0) is 36.4 Å². The zero-order valence-corrected chi connectivity index (χ0v) is 10.6. The fourth-order valence-corrected chi connectivity index (χ4v) is 2.43. The Morgan fingerprint density at radius 3 is 2.95 bits per heavy atom. The fraction of sp³-hybridized carbons (Fsp3) is 0. The molecule has 2 aromatic carbocycles. The summed E-state index contributed by atoms with van der Waals surface area (Å²) in [5.41, 5.74) is 3.52. The normalized spacial score (nSPS) is 10.6. The van der Waals surface area contributed by atoms with Crippen LogP contribution in [0.25, 0.3) is 10.2 Å². The van der Waals surface area contributed by atoms with Crippen LogP contribution in [0.3, 0.4) is 0 Å². The topological polar surface area (TPSA) is 42.0 Å². The van der Waals surface area contributed by atoms with Crippen molar-refractivity contribution >= 4 is 33.1 Å². The van der Waals surface area contributed by atoms with Gasteiger partial charge in [0.1, 0.15) is 5.82 Å². The van der Waals surface area contributed by atoms with Crippen LogP contribution in [0.4, 0.5) is 10.1 Å². The lowest BCUT2D eigenvalue weighted by molar-refractivity contribution is 0.102. The summed E-state index contributed by atoms with van der Waals surface area (Å²) < 4.78 is 14.1. The van der Waals surface area contributed by atoms with Crippen molar-refractivity contribution in [3.8, 4) is 0 Å². The number of hydrogen-bond acceptors (Lipinski definition) is 3. The molecule has 3 aromatic rings. The molecule has 0 fully saturated rings. The molecule has 5 heteroatoms. The van der Waals surface area contributed by atoms with Gasteiger partial charge >= 0.3 is 0 Å². The lowest BCUT2D eigenvalue weighted by Gasteiger charge is -2.05.